The zero-order chi connectivity index (χ0) is 33.9. The first-order valence-electron chi connectivity index (χ1n) is 16.4. The van der Waals surface area contributed by atoms with Gasteiger partial charge in [0.15, 0.2) is 12.6 Å². The molecule has 2 aromatic carbocycles. The summed E-state index contributed by atoms with van der Waals surface area (Å²) >= 11 is 0. The minimum atomic E-state index is -1.12. The maximum atomic E-state index is 14.4. The van der Waals surface area contributed by atoms with Crippen LogP contribution in [0.15, 0.2) is 72.8 Å². The van der Waals surface area contributed by atoms with Crippen LogP contribution in [0.4, 0.5) is 4.79 Å². The number of ether oxygens (including phenoxy) is 3. The molecule has 0 saturated carbocycles. The van der Waals surface area contributed by atoms with Gasteiger partial charge in [-0.3, -0.25) is 9.69 Å². The molecule has 3 heterocycles. The van der Waals surface area contributed by atoms with Gasteiger partial charge in [0.1, 0.15) is 11.8 Å². The Morgan fingerprint density at radius 1 is 0.979 bits per heavy atom. The summed E-state index contributed by atoms with van der Waals surface area (Å²) in [6, 6.07) is 16.5. The monoisotopic (exact) mass is 657 g/mol. The van der Waals surface area contributed by atoms with E-state index in [0.29, 0.717) is 31.0 Å². The van der Waals surface area contributed by atoms with Crippen LogP contribution in [0.1, 0.15) is 50.5 Å². The van der Waals surface area contributed by atoms with Crippen LogP contribution in [0, 0.1) is 0 Å². The molecule has 1 aromatic heterocycles. The molecule has 253 valence electrons. The van der Waals surface area contributed by atoms with Crippen LogP contribution in [-0.2, 0) is 16.1 Å². The number of fused-ring (bicyclic) bond motifs is 1. The summed E-state index contributed by atoms with van der Waals surface area (Å²) in [5.41, 5.74) is 2.36. The van der Waals surface area contributed by atoms with Gasteiger partial charge in [0, 0.05) is 18.2 Å². The Balaban J connectivity index is 1.44. The van der Waals surface area contributed by atoms with Gasteiger partial charge >= 0.3 is 18.0 Å². The normalized spacial score (nSPS) is 21.3. The first-order chi connectivity index (χ1) is 23.3. The third-order valence-electron chi connectivity index (χ3n) is 8.54. The number of aromatic nitrogens is 2. The predicted molar refractivity (Wildman–Crippen MR) is 179 cm³/mol. The molecule has 3 aromatic rings. The fourth-order valence-electron chi connectivity index (χ4n) is 5.97. The van der Waals surface area contributed by atoms with Crippen molar-refractivity contribution >= 4 is 17.9 Å². The molecule has 1 fully saturated rings. The summed E-state index contributed by atoms with van der Waals surface area (Å²) in [5, 5.41) is 12.6. The molecule has 3 unspecified atom stereocenters. The van der Waals surface area contributed by atoms with Gasteiger partial charge in [-0.2, -0.15) is 9.97 Å². The minimum absolute atomic E-state index is 0.101. The van der Waals surface area contributed by atoms with E-state index in [0.717, 1.165) is 36.8 Å². The first-order valence-corrected chi connectivity index (χ1v) is 16.4. The van der Waals surface area contributed by atoms with Crippen LogP contribution in [0.25, 0.3) is 11.3 Å². The van der Waals surface area contributed by atoms with Gasteiger partial charge in [-0.15, -0.1) is 0 Å². The topological polar surface area (TPSA) is 146 Å². The van der Waals surface area contributed by atoms with Gasteiger partial charge < -0.3 is 24.6 Å². The van der Waals surface area contributed by atoms with Gasteiger partial charge in [-0.05, 0) is 49.8 Å². The van der Waals surface area contributed by atoms with Crippen molar-refractivity contribution in [3.8, 4) is 28.9 Å². The highest BCUT2D eigenvalue weighted by Crippen LogP contribution is 2.28. The molecule has 5 rings (SSSR count). The van der Waals surface area contributed by atoms with Gasteiger partial charge in [0.25, 0.3) is 5.91 Å². The second-order valence-electron chi connectivity index (χ2n) is 11.9. The van der Waals surface area contributed by atoms with Crippen LogP contribution in [0.2, 0.25) is 0 Å². The number of rotatable bonds is 8. The lowest BCUT2D eigenvalue weighted by atomic mass is 10.1. The third-order valence-corrected chi connectivity index (χ3v) is 8.54. The van der Waals surface area contributed by atoms with Gasteiger partial charge in [-0.25, -0.2) is 9.59 Å². The average Bonchev–Trinajstić information content (AvgIpc) is 3.53. The Bertz CT molecular complexity index is 1570. The summed E-state index contributed by atoms with van der Waals surface area (Å²) in [7, 11) is 3.07. The lowest BCUT2D eigenvalue weighted by molar-refractivity contribution is -0.142. The molecule has 12 heteroatoms. The Hall–Kier alpha value is -4.97. The van der Waals surface area contributed by atoms with E-state index in [2.05, 4.69) is 21.4 Å². The predicted octanol–water partition coefficient (Wildman–Crippen LogP) is 4.92. The Morgan fingerprint density at radius 2 is 1.75 bits per heavy atom. The van der Waals surface area contributed by atoms with Crippen LogP contribution in [-0.4, -0.2) is 83.4 Å². The van der Waals surface area contributed by atoms with Gasteiger partial charge in [0.05, 0.1) is 32.9 Å². The Kier molecular flexibility index (Phi) is 12.0. The average molecular weight is 658 g/mol. The quantitative estimate of drug-likeness (QED) is 0.255. The van der Waals surface area contributed by atoms with E-state index in [1.54, 1.807) is 18.1 Å². The molecule has 3 atom stereocenters. The molecule has 1 saturated heterocycles. The number of hydrogen-bond donors (Lipinski definition) is 2. The highest BCUT2D eigenvalue weighted by molar-refractivity contribution is 5.92. The highest BCUT2D eigenvalue weighted by Gasteiger charge is 2.53. The molecule has 1 radical (unpaired) electrons. The maximum Gasteiger partial charge on any atom is 0.468 e. The summed E-state index contributed by atoms with van der Waals surface area (Å²) in [6.45, 7) is 0.927. The molecule has 0 bridgehead atoms. The number of aliphatic carboxylic acids is 1. The zero-order valence-corrected chi connectivity index (χ0v) is 27.4. The van der Waals surface area contributed by atoms with Gasteiger partial charge in [0.2, 0.25) is 11.9 Å². The summed E-state index contributed by atoms with van der Waals surface area (Å²) in [4.78, 5) is 52.4. The number of nitrogens with one attached hydrogen (secondary N) is 1. The SMILES string of the molecule is COc1ccc(CN2CCCCCC=CCCC(C(=O)O)NC(=O)C3CC(Oc4cc(-c5ccccc5)nc(OC)n4)C[N+]3C2=O)cc1. The molecule has 2 N–H and O–H groups in total. The van der Waals surface area contributed by atoms with Crippen molar-refractivity contribution < 1.29 is 33.7 Å². The van der Waals surface area contributed by atoms with Crippen LogP contribution in [0.3, 0.4) is 0 Å². The number of allylic oxidation sites excluding steroid dienone is 2. The van der Waals surface area contributed by atoms with E-state index < -0.39 is 30.1 Å². The summed E-state index contributed by atoms with van der Waals surface area (Å²) in [6.07, 6.45) is 7.86. The molecule has 0 aliphatic carbocycles. The van der Waals surface area contributed by atoms with Crippen molar-refractivity contribution in [2.75, 3.05) is 27.3 Å². The number of nitrogens with zero attached hydrogens (tertiary/aromatic N) is 4. The van der Waals surface area contributed by atoms with E-state index in [4.69, 9.17) is 14.2 Å². The van der Waals surface area contributed by atoms with Crippen molar-refractivity contribution in [2.45, 2.75) is 69.7 Å². The van der Waals surface area contributed by atoms with Crippen LogP contribution in [0.5, 0.6) is 17.6 Å². The molecule has 3 amide bonds. The summed E-state index contributed by atoms with van der Waals surface area (Å²) in [5.74, 6) is -0.702. The van der Waals surface area contributed by atoms with Crippen LogP contribution >= 0.6 is 0 Å². The zero-order valence-electron chi connectivity index (χ0n) is 27.4. The smallest absolute Gasteiger partial charge is 0.468 e. The molecule has 12 nitrogen and oxygen atoms in total. The van der Waals surface area contributed by atoms with E-state index in [-0.39, 0.29) is 37.3 Å². The fourth-order valence-corrected chi connectivity index (χ4v) is 5.97. The second kappa shape index (κ2) is 16.7. The standard InChI is InChI=1S/C36H43N5O7/c1-46-27-18-16-25(17-19-27)23-40-20-12-7-5-3-4-6-11-15-29(34(43)44)37-33(42)31-21-28(24-41(31)36(40)45)48-32-22-30(38-35(39-32)47-2)26-13-9-8-10-14-26/h4,6,8-10,13-14,16-19,22,28-29,31H,3,5,7,11-12,15,20-21,23-24H2,1-2H3,(H,37,42)(H,43,44)/q+1. The largest absolute Gasteiger partial charge is 0.497 e. The second-order valence-corrected chi connectivity index (χ2v) is 11.9. The Labute approximate surface area is 280 Å². The van der Waals surface area contributed by atoms with Gasteiger partial charge in [-0.1, -0.05) is 65.9 Å². The number of carboxylic acids is 1. The molecule has 0 spiro atoms. The lowest BCUT2D eigenvalue weighted by Gasteiger charge is -2.24. The van der Waals surface area contributed by atoms with Crippen LogP contribution < -0.4 is 24.4 Å². The minimum Gasteiger partial charge on any atom is -0.497 e. The van der Waals surface area contributed by atoms with Crippen molar-refractivity contribution in [3.63, 3.8) is 0 Å². The number of urea groups is 1. The number of carboxylic acid groups (broad SMARTS) is 1. The number of methoxy groups -OCH3 is 2. The number of benzene rings is 2. The van der Waals surface area contributed by atoms with E-state index in [1.807, 2.05) is 60.7 Å². The van der Waals surface area contributed by atoms with Crippen molar-refractivity contribution in [3.05, 3.63) is 78.4 Å². The molecule has 2 aliphatic heterocycles. The third kappa shape index (κ3) is 9.09. The summed E-state index contributed by atoms with van der Waals surface area (Å²) < 4.78 is 17.0. The molecule has 48 heavy (non-hydrogen) atoms. The molecular formula is C36H43N5O7+. The first kappa shape index (κ1) is 34.4. The van der Waals surface area contributed by atoms with Crippen molar-refractivity contribution in [2.24, 2.45) is 0 Å². The fraction of sp³-hybridized carbons (Fsp3) is 0.417. The van der Waals surface area contributed by atoms with Crippen molar-refractivity contribution in [1.82, 2.24) is 25.1 Å². The molecule has 2 aliphatic rings. The van der Waals surface area contributed by atoms with E-state index in [1.165, 1.54) is 12.0 Å². The lowest BCUT2D eigenvalue weighted by Crippen LogP contribution is -2.56. The molecular weight excluding hydrogens is 614 g/mol. The number of hydrogen-bond acceptors (Lipinski definition) is 8. The van der Waals surface area contributed by atoms with E-state index >= 15 is 0 Å². The highest BCUT2D eigenvalue weighted by atomic mass is 16.5. The maximum absolute atomic E-state index is 14.4. The van der Waals surface area contributed by atoms with Crippen molar-refractivity contribution in [1.29, 1.82) is 0 Å². The number of carbonyl (C=O) groups excluding carboxylic acids is 2. The van der Waals surface area contributed by atoms with E-state index in [9.17, 15) is 19.5 Å². The number of amides is 3. The number of carbonyl (C=O) groups is 3. The Morgan fingerprint density at radius 3 is 2.48 bits per heavy atom.